The summed E-state index contributed by atoms with van der Waals surface area (Å²) >= 11 is 0. The molecule has 0 aromatic carbocycles. The third-order valence-corrected chi connectivity index (χ3v) is 2.75. The lowest BCUT2D eigenvalue weighted by atomic mass is 10.1. The lowest BCUT2D eigenvalue weighted by molar-refractivity contribution is -0.151. The molecule has 0 spiro atoms. The van der Waals surface area contributed by atoms with Crippen LogP contribution < -0.4 is 0 Å². The average molecular weight is 234 g/mol. The molecule has 0 saturated carbocycles. The molecule has 0 fully saturated rings. The summed E-state index contributed by atoms with van der Waals surface area (Å²) < 4.78 is 9.91. The summed E-state index contributed by atoms with van der Waals surface area (Å²) in [6.45, 7) is 4.21. The molecule has 0 bridgehead atoms. The van der Waals surface area contributed by atoms with E-state index >= 15 is 0 Å². The van der Waals surface area contributed by atoms with Gasteiger partial charge in [-0.1, -0.05) is 19.9 Å². The van der Waals surface area contributed by atoms with E-state index in [0.29, 0.717) is 16.9 Å². The van der Waals surface area contributed by atoms with Crippen LogP contribution in [-0.2, 0) is 19.1 Å². The molecule has 2 heterocycles. The van der Waals surface area contributed by atoms with Gasteiger partial charge in [-0.25, -0.2) is 9.59 Å². The lowest BCUT2D eigenvalue weighted by Gasteiger charge is -2.04. The maximum Gasteiger partial charge on any atom is 0.350 e. The van der Waals surface area contributed by atoms with Gasteiger partial charge in [0.2, 0.25) is 0 Å². The number of hydrogen-bond acceptors (Lipinski definition) is 4. The molecule has 0 amide bonds. The SMILES string of the molecule is CC/C=C(/C=C1\OCC2=C1C(=O)OC2=O)CC. The van der Waals surface area contributed by atoms with Crippen LogP contribution in [0.4, 0.5) is 0 Å². The lowest BCUT2D eigenvalue weighted by Crippen LogP contribution is -2.08. The van der Waals surface area contributed by atoms with Crippen LogP contribution in [0.5, 0.6) is 0 Å². The highest BCUT2D eigenvalue weighted by atomic mass is 16.6. The zero-order valence-corrected chi connectivity index (χ0v) is 9.91. The Morgan fingerprint density at radius 3 is 2.71 bits per heavy atom. The van der Waals surface area contributed by atoms with Gasteiger partial charge in [0.1, 0.15) is 17.9 Å². The predicted molar refractivity (Wildman–Crippen MR) is 60.8 cm³/mol. The van der Waals surface area contributed by atoms with Crippen LogP contribution >= 0.6 is 0 Å². The molecule has 2 aliphatic heterocycles. The fourth-order valence-corrected chi connectivity index (χ4v) is 1.87. The van der Waals surface area contributed by atoms with E-state index in [2.05, 4.69) is 10.8 Å². The minimum Gasteiger partial charge on any atom is -0.488 e. The van der Waals surface area contributed by atoms with Crippen LogP contribution in [0, 0.1) is 0 Å². The monoisotopic (exact) mass is 234 g/mol. The molecule has 2 aliphatic rings. The maximum atomic E-state index is 11.5. The Bertz CT molecular complexity index is 466. The van der Waals surface area contributed by atoms with Crippen LogP contribution in [0.3, 0.4) is 0 Å². The average Bonchev–Trinajstić information content (AvgIpc) is 2.82. The summed E-state index contributed by atoms with van der Waals surface area (Å²) in [6.07, 6.45) is 5.65. The van der Waals surface area contributed by atoms with Crippen molar-refractivity contribution < 1.29 is 19.1 Å². The standard InChI is InChI=1S/C13H14O4/c1-3-5-8(4-2)6-10-11-9(7-16-10)12(14)17-13(11)15/h5-6H,3-4,7H2,1-2H3/b8-5+,10-6-. The molecule has 0 aromatic heterocycles. The molecule has 0 N–H and O–H groups in total. The van der Waals surface area contributed by atoms with Gasteiger partial charge in [-0.15, -0.1) is 0 Å². The fraction of sp³-hybridized carbons (Fsp3) is 0.385. The Hall–Kier alpha value is -1.84. The van der Waals surface area contributed by atoms with Gasteiger partial charge in [0.25, 0.3) is 0 Å². The van der Waals surface area contributed by atoms with Gasteiger partial charge in [-0.05, 0) is 24.5 Å². The van der Waals surface area contributed by atoms with Crippen molar-refractivity contribution in [1.29, 1.82) is 0 Å². The van der Waals surface area contributed by atoms with Crippen LogP contribution in [0.15, 0.2) is 34.6 Å². The van der Waals surface area contributed by atoms with Crippen molar-refractivity contribution in [2.75, 3.05) is 6.61 Å². The molecule has 4 heteroatoms. The number of cyclic esters (lactones) is 2. The van der Waals surface area contributed by atoms with E-state index in [9.17, 15) is 9.59 Å². The molecule has 0 radical (unpaired) electrons. The normalized spacial score (nSPS) is 22.0. The van der Waals surface area contributed by atoms with Gasteiger partial charge < -0.3 is 9.47 Å². The molecule has 90 valence electrons. The van der Waals surface area contributed by atoms with E-state index in [0.717, 1.165) is 18.4 Å². The first-order valence-corrected chi connectivity index (χ1v) is 5.70. The van der Waals surface area contributed by atoms with Gasteiger partial charge in [-0.3, -0.25) is 0 Å². The molecule has 4 nitrogen and oxygen atoms in total. The van der Waals surface area contributed by atoms with Crippen molar-refractivity contribution in [2.45, 2.75) is 26.7 Å². The predicted octanol–water partition coefficient (Wildman–Crippen LogP) is 2.03. The summed E-state index contributed by atoms with van der Waals surface area (Å²) in [5.74, 6) is -0.718. The summed E-state index contributed by atoms with van der Waals surface area (Å²) in [5.41, 5.74) is 1.72. The molecule has 0 unspecified atom stereocenters. The Morgan fingerprint density at radius 1 is 1.29 bits per heavy atom. The molecule has 0 saturated heterocycles. The third-order valence-electron chi connectivity index (χ3n) is 2.75. The molecule has 17 heavy (non-hydrogen) atoms. The van der Waals surface area contributed by atoms with E-state index in [1.54, 1.807) is 0 Å². The second-order valence-corrected chi connectivity index (χ2v) is 3.87. The number of carbonyl (C=O) groups excluding carboxylic acids is 2. The molecule has 0 aliphatic carbocycles. The summed E-state index contributed by atoms with van der Waals surface area (Å²) in [4.78, 5) is 22.7. The number of esters is 2. The van der Waals surface area contributed by atoms with Gasteiger partial charge in [0.05, 0.1) is 5.57 Å². The number of allylic oxidation sites excluding steroid dienone is 3. The molecular weight excluding hydrogens is 220 g/mol. The summed E-state index contributed by atoms with van der Waals surface area (Å²) in [5, 5.41) is 0. The Kier molecular flexibility index (Phi) is 3.13. The van der Waals surface area contributed by atoms with Gasteiger partial charge in [-0.2, -0.15) is 0 Å². The van der Waals surface area contributed by atoms with E-state index in [-0.39, 0.29) is 6.61 Å². The molecule has 0 aromatic rings. The maximum absolute atomic E-state index is 11.5. The largest absolute Gasteiger partial charge is 0.488 e. The number of ether oxygens (including phenoxy) is 2. The van der Waals surface area contributed by atoms with Gasteiger partial charge in [0.15, 0.2) is 0 Å². The van der Waals surface area contributed by atoms with E-state index in [1.807, 2.05) is 19.9 Å². The topological polar surface area (TPSA) is 52.6 Å². The van der Waals surface area contributed by atoms with E-state index in [4.69, 9.17) is 4.74 Å². The van der Waals surface area contributed by atoms with Crippen molar-refractivity contribution >= 4 is 11.9 Å². The van der Waals surface area contributed by atoms with Crippen molar-refractivity contribution in [3.05, 3.63) is 34.6 Å². The van der Waals surface area contributed by atoms with Crippen LogP contribution in [0.2, 0.25) is 0 Å². The minimum absolute atomic E-state index is 0.134. The van der Waals surface area contributed by atoms with Crippen molar-refractivity contribution in [1.82, 2.24) is 0 Å². The van der Waals surface area contributed by atoms with Crippen LogP contribution in [0.1, 0.15) is 26.7 Å². The number of carbonyl (C=O) groups is 2. The third kappa shape index (κ3) is 2.02. The van der Waals surface area contributed by atoms with Crippen LogP contribution in [0.25, 0.3) is 0 Å². The van der Waals surface area contributed by atoms with Gasteiger partial charge in [0, 0.05) is 0 Å². The summed E-state index contributed by atoms with van der Waals surface area (Å²) in [7, 11) is 0. The first-order valence-electron chi connectivity index (χ1n) is 5.70. The Morgan fingerprint density at radius 2 is 2.06 bits per heavy atom. The Balaban J connectivity index is 2.33. The van der Waals surface area contributed by atoms with E-state index in [1.165, 1.54) is 0 Å². The second-order valence-electron chi connectivity index (χ2n) is 3.87. The second kappa shape index (κ2) is 4.57. The molecule has 2 rings (SSSR count). The first-order chi connectivity index (χ1) is 8.17. The van der Waals surface area contributed by atoms with Crippen molar-refractivity contribution in [2.24, 2.45) is 0 Å². The van der Waals surface area contributed by atoms with Crippen molar-refractivity contribution in [3.8, 4) is 0 Å². The molecular formula is C13H14O4. The van der Waals surface area contributed by atoms with E-state index < -0.39 is 11.9 Å². The molecule has 0 atom stereocenters. The minimum atomic E-state index is -0.597. The van der Waals surface area contributed by atoms with Crippen molar-refractivity contribution in [3.63, 3.8) is 0 Å². The highest BCUT2D eigenvalue weighted by molar-refractivity contribution is 6.15. The quantitative estimate of drug-likeness (QED) is 0.553. The highest BCUT2D eigenvalue weighted by Gasteiger charge is 2.40. The van der Waals surface area contributed by atoms with Gasteiger partial charge >= 0.3 is 11.9 Å². The smallest absolute Gasteiger partial charge is 0.350 e. The first kappa shape index (κ1) is 11.6. The number of rotatable bonds is 3. The highest BCUT2D eigenvalue weighted by Crippen LogP contribution is 2.32. The zero-order valence-electron chi connectivity index (χ0n) is 9.91. The summed E-state index contributed by atoms with van der Waals surface area (Å²) in [6, 6.07) is 0. The Labute approximate surface area is 99.6 Å². The zero-order chi connectivity index (χ0) is 12.4. The fourth-order valence-electron chi connectivity index (χ4n) is 1.87. The van der Waals surface area contributed by atoms with Crippen LogP contribution in [-0.4, -0.2) is 18.5 Å². The number of hydrogen-bond donors (Lipinski definition) is 0.